The van der Waals surface area contributed by atoms with Gasteiger partial charge in [-0.25, -0.2) is 0 Å². The number of amidine groups is 1. The van der Waals surface area contributed by atoms with Crippen molar-refractivity contribution in [2.75, 3.05) is 12.3 Å². The van der Waals surface area contributed by atoms with E-state index < -0.39 is 0 Å². The van der Waals surface area contributed by atoms with E-state index in [1.54, 1.807) is 11.9 Å². The molecule has 0 N–H and O–H groups in total. The first-order chi connectivity index (χ1) is 11.4. The Hall–Kier alpha value is -2.26. The van der Waals surface area contributed by atoms with Gasteiger partial charge in [-0.05, 0) is 47.2 Å². The molecular weight excluding hydrogens is 300 g/mol. The Morgan fingerprint density at radius 2 is 1.74 bits per heavy atom. The molecule has 2 aromatic carbocycles. The molecule has 2 heterocycles. The molecule has 23 heavy (non-hydrogen) atoms. The minimum Gasteiger partial charge on any atom is -0.331 e. The summed E-state index contributed by atoms with van der Waals surface area (Å²) in [6.07, 6.45) is 7.37. The van der Waals surface area contributed by atoms with Gasteiger partial charge in [-0.15, -0.1) is 0 Å². The van der Waals surface area contributed by atoms with Crippen molar-refractivity contribution < 1.29 is 0 Å². The van der Waals surface area contributed by atoms with Gasteiger partial charge in [0.2, 0.25) is 0 Å². The van der Waals surface area contributed by atoms with E-state index in [2.05, 4.69) is 82.2 Å². The summed E-state index contributed by atoms with van der Waals surface area (Å²) in [5.41, 5.74) is 5.13. The Bertz CT molecular complexity index is 773. The predicted octanol–water partition coefficient (Wildman–Crippen LogP) is 4.55. The van der Waals surface area contributed by atoms with Crippen molar-refractivity contribution in [1.29, 1.82) is 0 Å². The van der Waals surface area contributed by atoms with Gasteiger partial charge in [-0.1, -0.05) is 54.6 Å². The fraction of sp³-hybridized carbons (Fsp3) is 0.150. The molecule has 0 spiro atoms. The summed E-state index contributed by atoms with van der Waals surface area (Å²) in [6, 6.07) is 19.5. The van der Waals surface area contributed by atoms with Gasteiger partial charge in [0.15, 0.2) is 0 Å². The van der Waals surface area contributed by atoms with Crippen molar-refractivity contribution in [3.8, 4) is 0 Å². The van der Waals surface area contributed by atoms with Crippen LogP contribution in [-0.4, -0.2) is 23.0 Å². The Morgan fingerprint density at radius 1 is 0.957 bits per heavy atom. The summed E-state index contributed by atoms with van der Waals surface area (Å²) in [5, 5.41) is 0. The maximum absolute atomic E-state index is 4.64. The number of hydrogen-bond acceptors (Lipinski definition) is 3. The SMILES string of the molecule is C1=CN2CCSN=C2C(c2ccc(Cc3ccccc3)cc2)=C1. The second-order valence-electron chi connectivity index (χ2n) is 5.72. The van der Waals surface area contributed by atoms with Crippen molar-refractivity contribution in [2.24, 2.45) is 4.40 Å². The fourth-order valence-electron chi connectivity index (χ4n) is 2.93. The van der Waals surface area contributed by atoms with Crippen molar-refractivity contribution in [3.05, 3.63) is 89.6 Å². The van der Waals surface area contributed by atoms with E-state index >= 15 is 0 Å². The molecule has 0 aliphatic carbocycles. The van der Waals surface area contributed by atoms with Gasteiger partial charge < -0.3 is 4.90 Å². The first kappa shape index (κ1) is 14.3. The van der Waals surface area contributed by atoms with Crippen molar-refractivity contribution in [3.63, 3.8) is 0 Å². The van der Waals surface area contributed by atoms with Gasteiger partial charge in [0, 0.05) is 24.1 Å². The molecule has 2 nitrogen and oxygen atoms in total. The lowest BCUT2D eigenvalue weighted by molar-refractivity contribution is 0.594. The topological polar surface area (TPSA) is 15.6 Å². The molecule has 0 unspecified atom stereocenters. The van der Waals surface area contributed by atoms with E-state index in [9.17, 15) is 0 Å². The van der Waals surface area contributed by atoms with E-state index in [1.807, 2.05) is 0 Å². The lowest BCUT2D eigenvalue weighted by Crippen LogP contribution is -2.32. The third kappa shape index (κ3) is 3.10. The Morgan fingerprint density at radius 3 is 2.57 bits per heavy atom. The monoisotopic (exact) mass is 318 g/mol. The Balaban J connectivity index is 1.57. The zero-order chi connectivity index (χ0) is 15.5. The van der Waals surface area contributed by atoms with Gasteiger partial charge >= 0.3 is 0 Å². The highest BCUT2D eigenvalue weighted by molar-refractivity contribution is 7.98. The van der Waals surface area contributed by atoms with Crippen LogP contribution in [0.5, 0.6) is 0 Å². The number of hydrogen-bond donors (Lipinski definition) is 0. The summed E-state index contributed by atoms with van der Waals surface area (Å²) >= 11 is 1.66. The molecule has 0 fully saturated rings. The third-order valence-electron chi connectivity index (χ3n) is 4.13. The summed E-state index contributed by atoms with van der Waals surface area (Å²) < 4.78 is 4.64. The molecule has 0 atom stereocenters. The highest BCUT2D eigenvalue weighted by Gasteiger charge is 2.21. The summed E-state index contributed by atoms with van der Waals surface area (Å²) in [4.78, 5) is 2.24. The van der Waals surface area contributed by atoms with Gasteiger partial charge in [0.25, 0.3) is 0 Å². The molecular formula is C20H18N2S. The normalized spacial score (nSPS) is 16.6. The van der Waals surface area contributed by atoms with E-state index in [1.165, 1.54) is 22.3 Å². The fourth-order valence-corrected chi connectivity index (χ4v) is 3.63. The van der Waals surface area contributed by atoms with Crippen LogP contribution in [0.4, 0.5) is 0 Å². The molecule has 0 amide bonds. The molecule has 2 aliphatic rings. The van der Waals surface area contributed by atoms with Gasteiger partial charge in [0.1, 0.15) is 5.84 Å². The third-order valence-corrected chi connectivity index (χ3v) is 4.80. The van der Waals surface area contributed by atoms with Crippen molar-refractivity contribution in [1.82, 2.24) is 4.90 Å². The van der Waals surface area contributed by atoms with Crippen LogP contribution in [0, 0.1) is 0 Å². The molecule has 2 aliphatic heterocycles. The Kier molecular flexibility index (Phi) is 4.03. The van der Waals surface area contributed by atoms with Crippen LogP contribution in [0.15, 0.2) is 77.3 Å². The van der Waals surface area contributed by atoms with Crippen LogP contribution in [0.1, 0.15) is 16.7 Å². The summed E-state index contributed by atoms with van der Waals surface area (Å²) in [7, 11) is 0. The Labute approximate surface area is 141 Å². The van der Waals surface area contributed by atoms with Gasteiger partial charge in [0.05, 0.1) is 0 Å². The smallest absolute Gasteiger partial charge is 0.148 e. The van der Waals surface area contributed by atoms with Crippen LogP contribution in [0.25, 0.3) is 5.57 Å². The number of allylic oxidation sites excluding steroid dienone is 2. The first-order valence-corrected chi connectivity index (χ1v) is 8.83. The highest BCUT2D eigenvalue weighted by atomic mass is 32.2. The maximum Gasteiger partial charge on any atom is 0.148 e. The first-order valence-electron chi connectivity index (χ1n) is 7.89. The zero-order valence-electron chi connectivity index (χ0n) is 12.9. The van der Waals surface area contributed by atoms with Crippen LogP contribution in [-0.2, 0) is 6.42 Å². The average molecular weight is 318 g/mol. The van der Waals surface area contributed by atoms with E-state index in [-0.39, 0.29) is 0 Å². The highest BCUT2D eigenvalue weighted by Crippen LogP contribution is 2.27. The van der Waals surface area contributed by atoms with Crippen molar-refractivity contribution in [2.45, 2.75) is 6.42 Å². The number of fused-ring (bicyclic) bond motifs is 1. The van der Waals surface area contributed by atoms with Crippen LogP contribution in [0.3, 0.4) is 0 Å². The maximum atomic E-state index is 4.64. The van der Waals surface area contributed by atoms with Gasteiger partial charge in [-0.2, -0.15) is 4.40 Å². The number of benzene rings is 2. The lowest BCUT2D eigenvalue weighted by atomic mass is 9.98. The largest absolute Gasteiger partial charge is 0.331 e. The van der Waals surface area contributed by atoms with Crippen LogP contribution in [0.2, 0.25) is 0 Å². The minimum atomic E-state index is 0.975. The van der Waals surface area contributed by atoms with E-state index in [0.717, 1.165) is 24.6 Å². The second kappa shape index (κ2) is 6.47. The molecule has 0 saturated heterocycles. The second-order valence-corrected chi connectivity index (χ2v) is 6.57. The van der Waals surface area contributed by atoms with Gasteiger partial charge in [-0.3, -0.25) is 0 Å². The van der Waals surface area contributed by atoms with E-state index in [0.29, 0.717) is 0 Å². The number of nitrogens with zero attached hydrogens (tertiary/aromatic N) is 2. The minimum absolute atomic E-state index is 0.975. The molecule has 0 saturated carbocycles. The molecule has 0 aromatic heterocycles. The molecule has 0 bridgehead atoms. The zero-order valence-corrected chi connectivity index (χ0v) is 13.7. The lowest BCUT2D eigenvalue weighted by Gasteiger charge is -2.29. The summed E-state index contributed by atoms with van der Waals surface area (Å²) in [5.74, 6) is 2.14. The van der Waals surface area contributed by atoms with Crippen LogP contribution >= 0.6 is 11.9 Å². The predicted molar refractivity (Wildman–Crippen MR) is 99.4 cm³/mol. The average Bonchev–Trinajstić information content (AvgIpc) is 2.63. The standard InChI is InChI=1S/C20H18N2S/c1-2-5-16(6-3-1)15-17-8-10-18(11-9-17)19-7-4-12-22-13-14-23-21-20(19)22/h1-12H,13-15H2. The van der Waals surface area contributed by atoms with Crippen molar-refractivity contribution >= 4 is 23.4 Å². The number of rotatable bonds is 3. The quantitative estimate of drug-likeness (QED) is 0.772. The molecule has 4 rings (SSSR count). The molecule has 114 valence electrons. The van der Waals surface area contributed by atoms with Crippen LogP contribution < -0.4 is 0 Å². The molecule has 2 aromatic rings. The summed E-state index contributed by atoms with van der Waals surface area (Å²) in [6.45, 7) is 1.03. The van der Waals surface area contributed by atoms with E-state index in [4.69, 9.17) is 0 Å². The molecule has 3 heteroatoms. The molecule has 0 radical (unpaired) electrons.